The van der Waals surface area contributed by atoms with Gasteiger partial charge in [-0.3, -0.25) is 0 Å². The molecule has 2 aromatic heterocycles. The van der Waals surface area contributed by atoms with Gasteiger partial charge in [0.15, 0.2) is 0 Å². The molecular weight excluding hydrogens is 325 g/mol. The van der Waals surface area contributed by atoms with Crippen LogP contribution >= 0.6 is 34.5 Å². The number of aromatic nitrogens is 2. The molecule has 0 fully saturated rings. The molecule has 6 heteroatoms. The number of benzene rings is 1. The van der Waals surface area contributed by atoms with E-state index < -0.39 is 0 Å². The van der Waals surface area contributed by atoms with Gasteiger partial charge in [0.05, 0.1) is 10.7 Å². The lowest BCUT2D eigenvalue weighted by Gasteiger charge is -2.19. The maximum Gasteiger partial charge on any atom is 0.136 e. The number of hydrogen-bond acceptors (Lipinski definition) is 3. The predicted molar refractivity (Wildman–Crippen MR) is 89.5 cm³/mol. The highest BCUT2D eigenvalue weighted by Crippen LogP contribution is 2.33. The van der Waals surface area contributed by atoms with Crippen LogP contribution in [0.1, 0.15) is 16.7 Å². The number of anilines is 1. The predicted octanol–water partition coefficient (Wildman–Crippen LogP) is 4.99. The number of halogens is 2. The smallest absolute Gasteiger partial charge is 0.136 e. The standard InChI is InChI=1S/C15H13Cl2N3S/c1-20-7-6-18-15(20)14(13-3-2-8-21-13)19-12-9-10(16)4-5-11(12)17/h2-9,14,19H,1H3. The lowest BCUT2D eigenvalue weighted by atomic mass is 10.2. The minimum absolute atomic E-state index is 0.0685. The van der Waals surface area contributed by atoms with Crippen LogP contribution in [0.3, 0.4) is 0 Å². The molecule has 1 unspecified atom stereocenters. The molecule has 1 atom stereocenters. The summed E-state index contributed by atoms with van der Waals surface area (Å²) in [6.45, 7) is 0. The second kappa shape index (κ2) is 6.10. The first-order chi connectivity index (χ1) is 10.1. The van der Waals surface area contributed by atoms with E-state index in [0.29, 0.717) is 10.0 Å². The van der Waals surface area contributed by atoms with Crippen molar-refractivity contribution in [3.63, 3.8) is 0 Å². The topological polar surface area (TPSA) is 29.9 Å². The van der Waals surface area contributed by atoms with E-state index in [1.54, 1.807) is 29.7 Å². The molecule has 1 N–H and O–H groups in total. The van der Waals surface area contributed by atoms with Crippen molar-refractivity contribution in [1.82, 2.24) is 9.55 Å². The number of aryl methyl sites for hydroxylation is 1. The van der Waals surface area contributed by atoms with Crippen molar-refractivity contribution in [1.29, 1.82) is 0 Å². The summed E-state index contributed by atoms with van der Waals surface area (Å²) < 4.78 is 2.00. The number of rotatable bonds is 4. The number of nitrogens with zero attached hydrogens (tertiary/aromatic N) is 2. The second-order valence-electron chi connectivity index (χ2n) is 4.61. The van der Waals surface area contributed by atoms with Crippen LogP contribution in [0.15, 0.2) is 48.1 Å². The van der Waals surface area contributed by atoms with Gasteiger partial charge in [-0.15, -0.1) is 11.3 Å². The van der Waals surface area contributed by atoms with Crippen molar-refractivity contribution in [2.24, 2.45) is 7.05 Å². The van der Waals surface area contributed by atoms with Gasteiger partial charge in [-0.2, -0.15) is 0 Å². The molecule has 0 spiro atoms. The van der Waals surface area contributed by atoms with Crippen molar-refractivity contribution >= 4 is 40.2 Å². The van der Waals surface area contributed by atoms with Crippen molar-refractivity contribution in [3.05, 3.63) is 68.9 Å². The van der Waals surface area contributed by atoms with E-state index in [-0.39, 0.29) is 6.04 Å². The van der Waals surface area contributed by atoms with Crippen LogP contribution in [-0.2, 0) is 7.05 Å². The van der Waals surface area contributed by atoms with Gasteiger partial charge in [0.25, 0.3) is 0 Å². The zero-order valence-corrected chi connectivity index (χ0v) is 13.6. The zero-order valence-electron chi connectivity index (χ0n) is 11.3. The first-order valence-electron chi connectivity index (χ1n) is 6.37. The van der Waals surface area contributed by atoms with Gasteiger partial charge in [-0.1, -0.05) is 29.3 Å². The summed E-state index contributed by atoms with van der Waals surface area (Å²) in [6, 6.07) is 9.42. The van der Waals surface area contributed by atoms with Gasteiger partial charge in [0.1, 0.15) is 11.9 Å². The lowest BCUT2D eigenvalue weighted by molar-refractivity contribution is 0.756. The van der Waals surface area contributed by atoms with Crippen molar-refractivity contribution in [3.8, 4) is 0 Å². The maximum atomic E-state index is 6.26. The fourth-order valence-electron chi connectivity index (χ4n) is 2.14. The first kappa shape index (κ1) is 14.4. The number of nitrogens with one attached hydrogen (secondary N) is 1. The SMILES string of the molecule is Cn1ccnc1C(Nc1cc(Cl)ccc1Cl)c1cccs1. The summed E-state index contributed by atoms with van der Waals surface area (Å²) >= 11 is 14.0. The van der Waals surface area contributed by atoms with Crippen molar-refractivity contribution in [2.75, 3.05) is 5.32 Å². The van der Waals surface area contributed by atoms with E-state index in [9.17, 15) is 0 Å². The monoisotopic (exact) mass is 337 g/mol. The van der Waals surface area contributed by atoms with Gasteiger partial charge in [-0.25, -0.2) is 4.98 Å². The van der Waals surface area contributed by atoms with Gasteiger partial charge in [0, 0.05) is 29.3 Å². The van der Waals surface area contributed by atoms with Crippen molar-refractivity contribution < 1.29 is 0 Å². The van der Waals surface area contributed by atoms with Crippen LogP contribution in [0.4, 0.5) is 5.69 Å². The second-order valence-corrected chi connectivity index (χ2v) is 6.44. The Bertz CT molecular complexity index is 737. The minimum Gasteiger partial charge on any atom is -0.370 e. The summed E-state index contributed by atoms with van der Waals surface area (Å²) in [5, 5.41) is 6.77. The molecule has 0 aliphatic carbocycles. The largest absolute Gasteiger partial charge is 0.370 e. The van der Waals surface area contributed by atoms with Crippen LogP contribution < -0.4 is 5.32 Å². The van der Waals surface area contributed by atoms with Gasteiger partial charge in [0.2, 0.25) is 0 Å². The molecular formula is C15H13Cl2N3S. The summed E-state index contributed by atoms with van der Waals surface area (Å²) in [5.41, 5.74) is 0.797. The average Bonchev–Trinajstić information content (AvgIpc) is 3.11. The third kappa shape index (κ3) is 3.07. The molecule has 0 amide bonds. The molecule has 0 aliphatic rings. The van der Waals surface area contributed by atoms with Gasteiger partial charge >= 0.3 is 0 Å². The van der Waals surface area contributed by atoms with Gasteiger partial charge in [-0.05, 0) is 29.6 Å². The van der Waals surface area contributed by atoms with Gasteiger partial charge < -0.3 is 9.88 Å². The van der Waals surface area contributed by atoms with E-state index in [1.807, 2.05) is 35.3 Å². The van der Waals surface area contributed by atoms with Crippen LogP contribution in [-0.4, -0.2) is 9.55 Å². The lowest BCUT2D eigenvalue weighted by Crippen LogP contribution is -2.15. The van der Waals surface area contributed by atoms with E-state index in [1.165, 1.54) is 4.88 Å². The normalized spacial score (nSPS) is 12.3. The van der Waals surface area contributed by atoms with E-state index in [0.717, 1.165) is 11.5 Å². The third-order valence-corrected chi connectivity index (χ3v) is 4.67. The quantitative estimate of drug-likeness (QED) is 0.726. The molecule has 108 valence electrons. The molecule has 1 aromatic carbocycles. The Morgan fingerprint density at radius 1 is 1.29 bits per heavy atom. The Morgan fingerprint density at radius 3 is 2.81 bits per heavy atom. The fourth-order valence-corrected chi connectivity index (χ4v) is 3.25. The minimum atomic E-state index is -0.0685. The van der Waals surface area contributed by atoms with Crippen LogP contribution in [0.2, 0.25) is 10.0 Å². The number of imidazole rings is 1. The Kier molecular flexibility index (Phi) is 4.19. The Hall–Kier alpha value is -1.49. The van der Waals surface area contributed by atoms with E-state index in [2.05, 4.69) is 16.4 Å². The highest BCUT2D eigenvalue weighted by molar-refractivity contribution is 7.10. The fraction of sp³-hybridized carbons (Fsp3) is 0.133. The maximum absolute atomic E-state index is 6.26. The number of thiophene rings is 1. The zero-order chi connectivity index (χ0) is 14.8. The number of hydrogen-bond donors (Lipinski definition) is 1. The Labute approximate surface area is 137 Å². The Morgan fingerprint density at radius 2 is 2.14 bits per heavy atom. The Balaban J connectivity index is 2.01. The van der Waals surface area contributed by atoms with Crippen LogP contribution in [0.5, 0.6) is 0 Å². The third-order valence-electron chi connectivity index (χ3n) is 3.17. The molecule has 0 saturated carbocycles. The molecule has 0 aliphatic heterocycles. The molecule has 0 saturated heterocycles. The molecule has 3 nitrogen and oxygen atoms in total. The van der Waals surface area contributed by atoms with E-state index in [4.69, 9.17) is 23.2 Å². The highest BCUT2D eigenvalue weighted by Gasteiger charge is 2.20. The van der Waals surface area contributed by atoms with Crippen molar-refractivity contribution in [2.45, 2.75) is 6.04 Å². The summed E-state index contributed by atoms with van der Waals surface area (Å²) in [5.74, 6) is 0.925. The van der Waals surface area contributed by atoms with Crippen LogP contribution in [0.25, 0.3) is 0 Å². The molecule has 3 aromatic rings. The summed E-state index contributed by atoms with van der Waals surface area (Å²) in [7, 11) is 1.98. The van der Waals surface area contributed by atoms with Crippen LogP contribution in [0, 0.1) is 0 Å². The summed E-state index contributed by atoms with van der Waals surface area (Å²) in [4.78, 5) is 5.62. The first-order valence-corrected chi connectivity index (χ1v) is 8.01. The molecule has 3 rings (SSSR count). The highest BCUT2D eigenvalue weighted by atomic mass is 35.5. The summed E-state index contributed by atoms with van der Waals surface area (Å²) in [6.07, 6.45) is 3.72. The molecule has 0 bridgehead atoms. The molecule has 21 heavy (non-hydrogen) atoms. The average molecular weight is 338 g/mol. The molecule has 2 heterocycles. The van der Waals surface area contributed by atoms with E-state index >= 15 is 0 Å². The molecule has 0 radical (unpaired) electrons.